The molecule has 100 valence electrons. The molecule has 1 aromatic heterocycles. The number of nitrogens with one attached hydrogen (secondary N) is 1. The number of carbonyl (C=O) groups excluding carboxylic acids is 1. The zero-order chi connectivity index (χ0) is 14.0. The second-order valence-electron chi connectivity index (χ2n) is 4.72. The SMILES string of the molecule is Cc1oc(-c2ccc(F)cc2)cc1C(=O)NC(C)C. The molecule has 2 aromatic rings. The van der Waals surface area contributed by atoms with Gasteiger partial charge in [-0.25, -0.2) is 4.39 Å². The second-order valence-corrected chi connectivity index (χ2v) is 4.72. The molecule has 0 atom stereocenters. The third-order valence-corrected chi connectivity index (χ3v) is 2.71. The maximum absolute atomic E-state index is 12.9. The first-order chi connectivity index (χ1) is 8.97. The predicted molar refractivity (Wildman–Crippen MR) is 71.4 cm³/mol. The fourth-order valence-corrected chi connectivity index (χ4v) is 1.80. The number of aryl methyl sites for hydroxylation is 1. The van der Waals surface area contributed by atoms with E-state index < -0.39 is 0 Å². The summed E-state index contributed by atoms with van der Waals surface area (Å²) >= 11 is 0. The normalized spacial score (nSPS) is 10.8. The Bertz CT molecular complexity index is 585. The van der Waals surface area contributed by atoms with Gasteiger partial charge in [0, 0.05) is 11.6 Å². The van der Waals surface area contributed by atoms with Crippen LogP contribution in [0.3, 0.4) is 0 Å². The van der Waals surface area contributed by atoms with Crippen molar-refractivity contribution in [3.63, 3.8) is 0 Å². The molecule has 4 heteroatoms. The first-order valence-corrected chi connectivity index (χ1v) is 6.14. The number of carbonyl (C=O) groups is 1. The van der Waals surface area contributed by atoms with E-state index in [2.05, 4.69) is 5.32 Å². The molecule has 0 saturated carbocycles. The van der Waals surface area contributed by atoms with Crippen LogP contribution in [0.2, 0.25) is 0 Å². The van der Waals surface area contributed by atoms with Crippen LogP contribution in [0.15, 0.2) is 34.7 Å². The van der Waals surface area contributed by atoms with Gasteiger partial charge < -0.3 is 9.73 Å². The van der Waals surface area contributed by atoms with Crippen molar-refractivity contribution in [2.75, 3.05) is 0 Å². The van der Waals surface area contributed by atoms with Crippen molar-refractivity contribution in [3.05, 3.63) is 47.5 Å². The largest absolute Gasteiger partial charge is 0.461 e. The van der Waals surface area contributed by atoms with Crippen molar-refractivity contribution < 1.29 is 13.6 Å². The Morgan fingerprint density at radius 2 is 1.89 bits per heavy atom. The predicted octanol–water partition coefficient (Wildman–Crippen LogP) is 3.53. The highest BCUT2D eigenvalue weighted by atomic mass is 19.1. The van der Waals surface area contributed by atoms with Crippen LogP contribution < -0.4 is 5.32 Å². The number of hydrogen-bond donors (Lipinski definition) is 1. The molecule has 2 rings (SSSR count). The molecule has 1 N–H and O–H groups in total. The summed E-state index contributed by atoms with van der Waals surface area (Å²) in [5.74, 6) is 0.651. The van der Waals surface area contributed by atoms with Gasteiger partial charge in [0.05, 0.1) is 5.56 Å². The summed E-state index contributed by atoms with van der Waals surface area (Å²) in [4.78, 5) is 11.9. The lowest BCUT2D eigenvalue weighted by Gasteiger charge is -2.06. The Balaban J connectivity index is 2.30. The Morgan fingerprint density at radius 3 is 2.47 bits per heavy atom. The maximum atomic E-state index is 12.9. The van der Waals surface area contributed by atoms with Gasteiger partial charge in [0.25, 0.3) is 5.91 Å². The van der Waals surface area contributed by atoms with Gasteiger partial charge in [0.15, 0.2) is 0 Å². The van der Waals surface area contributed by atoms with Crippen LogP contribution in [-0.2, 0) is 0 Å². The minimum Gasteiger partial charge on any atom is -0.461 e. The molecule has 3 nitrogen and oxygen atoms in total. The summed E-state index contributed by atoms with van der Waals surface area (Å²) in [6.45, 7) is 5.53. The number of benzene rings is 1. The molecule has 0 spiro atoms. The molecule has 0 unspecified atom stereocenters. The molecule has 0 radical (unpaired) electrons. The summed E-state index contributed by atoms with van der Waals surface area (Å²) in [6, 6.07) is 7.72. The van der Waals surface area contributed by atoms with Crippen LogP contribution in [0, 0.1) is 12.7 Å². The topological polar surface area (TPSA) is 42.2 Å². The quantitative estimate of drug-likeness (QED) is 0.918. The molecule has 0 aliphatic rings. The second kappa shape index (κ2) is 5.26. The fourth-order valence-electron chi connectivity index (χ4n) is 1.80. The molecule has 1 aromatic carbocycles. The highest BCUT2D eigenvalue weighted by Crippen LogP contribution is 2.25. The number of rotatable bonds is 3. The van der Waals surface area contributed by atoms with Crippen molar-refractivity contribution >= 4 is 5.91 Å². The zero-order valence-electron chi connectivity index (χ0n) is 11.2. The van der Waals surface area contributed by atoms with Crippen LogP contribution in [0.5, 0.6) is 0 Å². The molecule has 19 heavy (non-hydrogen) atoms. The highest BCUT2D eigenvalue weighted by Gasteiger charge is 2.16. The third-order valence-electron chi connectivity index (χ3n) is 2.71. The van der Waals surface area contributed by atoms with E-state index in [-0.39, 0.29) is 17.8 Å². The minimum atomic E-state index is -0.301. The van der Waals surface area contributed by atoms with E-state index in [1.807, 2.05) is 13.8 Å². The third kappa shape index (κ3) is 3.02. The molecule has 0 aliphatic carbocycles. The van der Waals surface area contributed by atoms with E-state index in [9.17, 15) is 9.18 Å². The van der Waals surface area contributed by atoms with Gasteiger partial charge in [-0.1, -0.05) is 0 Å². The molecule has 1 amide bonds. The highest BCUT2D eigenvalue weighted by molar-refractivity contribution is 5.96. The van der Waals surface area contributed by atoms with Crippen LogP contribution in [0.25, 0.3) is 11.3 Å². The van der Waals surface area contributed by atoms with Crippen LogP contribution >= 0.6 is 0 Å². The molecule has 0 bridgehead atoms. The summed E-state index contributed by atoms with van der Waals surface area (Å²) in [5, 5.41) is 2.81. The first-order valence-electron chi connectivity index (χ1n) is 6.14. The standard InChI is InChI=1S/C15H16FNO2/c1-9(2)17-15(18)13-8-14(19-10(13)3)11-4-6-12(16)7-5-11/h4-9H,1-3H3,(H,17,18). The Hall–Kier alpha value is -2.10. The van der Waals surface area contributed by atoms with E-state index in [0.717, 1.165) is 5.56 Å². The Morgan fingerprint density at radius 1 is 1.26 bits per heavy atom. The van der Waals surface area contributed by atoms with E-state index in [1.54, 1.807) is 25.1 Å². The molecule has 0 saturated heterocycles. The molecular weight excluding hydrogens is 245 g/mol. The van der Waals surface area contributed by atoms with Crippen LogP contribution in [0.4, 0.5) is 4.39 Å². The van der Waals surface area contributed by atoms with E-state index in [1.165, 1.54) is 12.1 Å². The van der Waals surface area contributed by atoms with Gasteiger partial charge in [-0.05, 0) is 51.1 Å². The fraction of sp³-hybridized carbons (Fsp3) is 0.267. The summed E-state index contributed by atoms with van der Waals surface area (Å²) in [5.41, 5.74) is 1.25. The number of amides is 1. The number of hydrogen-bond acceptors (Lipinski definition) is 2. The van der Waals surface area contributed by atoms with Crippen molar-refractivity contribution in [2.24, 2.45) is 0 Å². The minimum absolute atomic E-state index is 0.0658. The van der Waals surface area contributed by atoms with Gasteiger partial charge in [-0.15, -0.1) is 0 Å². The Kier molecular flexibility index (Phi) is 3.69. The average molecular weight is 261 g/mol. The lowest BCUT2D eigenvalue weighted by molar-refractivity contribution is 0.0941. The molecule has 0 aliphatic heterocycles. The first kappa shape index (κ1) is 13.3. The molecule has 1 heterocycles. The number of furan rings is 1. The summed E-state index contributed by atoms with van der Waals surface area (Å²) < 4.78 is 18.4. The Labute approximate surface area is 111 Å². The van der Waals surface area contributed by atoms with E-state index >= 15 is 0 Å². The lowest BCUT2D eigenvalue weighted by atomic mass is 10.1. The van der Waals surface area contributed by atoms with E-state index in [0.29, 0.717) is 17.1 Å². The van der Waals surface area contributed by atoms with Crippen LogP contribution in [-0.4, -0.2) is 11.9 Å². The number of halogens is 1. The molecular formula is C15H16FNO2. The van der Waals surface area contributed by atoms with Gasteiger partial charge in [-0.2, -0.15) is 0 Å². The summed E-state index contributed by atoms with van der Waals surface area (Å²) in [6.07, 6.45) is 0. The van der Waals surface area contributed by atoms with E-state index in [4.69, 9.17) is 4.42 Å². The van der Waals surface area contributed by atoms with Gasteiger partial charge >= 0.3 is 0 Å². The average Bonchev–Trinajstić information content (AvgIpc) is 2.71. The maximum Gasteiger partial charge on any atom is 0.255 e. The summed E-state index contributed by atoms with van der Waals surface area (Å²) in [7, 11) is 0. The van der Waals surface area contributed by atoms with Gasteiger partial charge in [-0.3, -0.25) is 4.79 Å². The van der Waals surface area contributed by atoms with Crippen molar-refractivity contribution in [1.29, 1.82) is 0 Å². The lowest BCUT2D eigenvalue weighted by Crippen LogP contribution is -2.30. The smallest absolute Gasteiger partial charge is 0.255 e. The zero-order valence-corrected chi connectivity index (χ0v) is 11.2. The van der Waals surface area contributed by atoms with Crippen molar-refractivity contribution in [3.8, 4) is 11.3 Å². The van der Waals surface area contributed by atoms with Crippen LogP contribution in [0.1, 0.15) is 30.0 Å². The molecule has 0 fully saturated rings. The monoisotopic (exact) mass is 261 g/mol. The van der Waals surface area contributed by atoms with Crippen molar-refractivity contribution in [1.82, 2.24) is 5.32 Å². The van der Waals surface area contributed by atoms with Gasteiger partial charge in [0.2, 0.25) is 0 Å². The van der Waals surface area contributed by atoms with Crippen molar-refractivity contribution in [2.45, 2.75) is 26.8 Å². The van der Waals surface area contributed by atoms with Gasteiger partial charge in [0.1, 0.15) is 17.3 Å².